The molecule has 0 saturated carbocycles. The van der Waals surface area contributed by atoms with E-state index in [4.69, 9.17) is 23.6 Å². The largest absolute Gasteiger partial charge is 0.245 e. The lowest BCUT2D eigenvalue weighted by Crippen LogP contribution is -2.32. The van der Waals surface area contributed by atoms with Crippen LogP contribution in [0.1, 0.15) is 0 Å². The van der Waals surface area contributed by atoms with Gasteiger partial charge in [-0.1, -0.05) is 145 Å². The Bertz CT molecular complexity index is 983. The highest BCUT2D eigenvalue weighted by Crippen LogP contribution is 2.53. The topological polar surface area (TPSA) is 12.0 Å². The van der Waals surface area contributed by atoms with Crippen LogP contribution < -0.4 is 26.1 Å². The summed E-state index contributed by atoms with van der Waals surface area (Å²) in [5.41, 5.74) is 0. The van der Waals surface area contributed by atoms with E-state index in [1.165, 1.54) is 0 Å². The maximum absolute atomic E-state index is 6.44. The SMILES string of the molecule is S=P(NP(=S)(c1ccccc1)c1ccccc1)(c1ccccc1)c1ccccc1. The summed E-state index contributed by atoms with van der Waals surface area (Å²) in [7, 11) is 0. The Labute approximate surface area is 183 Å². The van der Waals surface area contributed by atoms with Gasteiger partial charge in [-0.05, 0) is 0 Å². The molecule has 0 aliphatic heterocycles. The summed E-state index contributed by atoms with van der Waals surface area (Å²) < 4.78 is 0. The Morgan fingerprint density at radius 3 is 0.793 bits per heavy atom. The molecule has 4 rings (SSSR count). The zero-order chi connectivity index (χ0) is 20.2. The minimum Gasteiger partial charge on any atom is -0.245 e. The van der Waals surface area contributed by atoms with Crippen LogP contribution in [-0.4, -0.2) is 0 Å². The Morgan fingerprint density at radius 1 is 0.379 bits per heavy atom. The molecule has 0 atom stereocenters. The molecule has 29 heavy (non-hydrogen) atoms. The van der Waals surface area contributed by atoms with Gasteiger partial charge in [0.15, 0.2) is 0 Å². The van der Waals surface area contributed by atoms with Gasteiger partial charge in [0.2, 0.25) is 0 Å². The number of rotatable bonds is 6. The van der Waals surface area contributed by atoms with Crippen molar-refractivity contribution in [2.75, 3.05) is 0 Å². The number of benzene rings is 4. The van der Waals surface area contributed by atoms with Gasteiger partial charge in [-0.15, -0.1) is 0 Å². The second-order valence-corrected chi connectivity index (χ2v) is 15.2. The maximum Gasteiger partial charge on any atom is 0.0728 e. The van der Waals surface area contributed by atoms with Crippen molar-refractivity contribution >= 4 is 57.2 Å². The minimum absolute atomic E-state index is 1.13. The molecule has 0 unspecified atom stereocenters. The van der Waals surface area contributed by atoms with E-state index in [1.54, 1.807) is 0 Å². The second-order valence-electron chi connectivity index (χ2n) is 6.66. The molecule has 0 spiro atoms. The Hall–Kier alpha value is -1.86. The first-order chi connectivity index (χ1) is 14.1. The van der Waals surface area contributed by atoms with E-state index in [0.29, 0.717) is 0 Å². The average Bonchev–Trinajstić information content (AvgIpc) is 2.81. The average molecular weight is 450 g/mol. The van der Waals surface area contributed by atoms with Gasteiger partial charge in [-0.2, -0.15) is 0 Å². The number of nitrogens with one attached hydrogen (secondary N) is 1. The van der Waals surface area contributed by atoms with Crippen LogP contribution in [0.5, 0.6) is 0 Å². The van der Waals surface area contributed by atoms with Crippen LogP contribution in [0.3, 0.4) is 0 Å². The van der Waals surface area contributed by atoms with Gasteiger partial charge in [0.05, 0.1) is 12.4 Å². The first kappa shape index (κ1) is 20.4. The molecule has 1 N–H and O–H groups in total. The van der Waals surface area contributed by atoms with Crippen molar-refractivity contribution in [1.29, 1.82) is 0 Å². The molecular formula is C24H21NP2S2. The molecule has 0 amide bonds. The van der Waals surface area contributed by atoms with Crippen molar-refractivity contribution in [3.05, 3.63) is 121 Å². The first-order valence-corrected chi connectivity index (χ1v) is 15.0. The van der Waals surface area contributed by atoms with Crippen molar-refractivity contribution in [3.8, 4) is 0 Å². The fourth-order valence-corrected chi connectivity index (χ4v) is 13.8. The van der Waals surface area contributed by atoms with Crippen LogP contribution in [-0.2, 0) is 23.6 Å². The summed E-state index contributed by atoms with van der Waals surface area (Å²) in [5.74, 6) is 0. The van der Waals surface area contributed by atoms with Crippen molar-refractivity contribution in [2.45, 2.75) is 0 Å². The van der Waals surface area contributed by atoms with Gasteiger partial charge >= 0.3 is 0 Å². The highest BCUT2D eigenvalue weighted by atomic mass is 32.5. The predicted octanol–water partition coefficient (Wildman–Crippen LogP) is 4.67. The van der Waals surface area contributed by atoms with Gasteiger partial charge in [0.1, 0.15) is 0 Å². The molecule has 4 aromatic rings. The third-order valence-corrected chi connectivity index (χ3v) is 15.1. The van der Waals surface area contributed by atoms with Crippen molar-refractivity contribution < 1.29 is 0 Å². The van der Waals surface area contributed by atoms with Crippen molar-refractivity contribution in [1.82, 2.24) is 4.86 Å². The van der Waals surface area contributed by atoms with E-state index >= 15 is 0 Å². The summed E-state index contributed by atoms with van der Waals surface area (Å²) >= 11 is 12.9. The normalized spacial score (nSPS) is 11.9. The predicted molar refractivity (Wildman–Crippen MR) is 136 cm³/mol. The molecule has 0 heterocycles. The second kappa shape index (κ2) is 8.88. The van der Waals surface area contributed by atoms with Crippen LogP contribution >= 0.6 is 12.4 Å². The molecule has 144 valence electrons. The molecule has 0 radical (unpaired) electrons. The van der Waals surface area contributed by atoms with Crippen LogP contribution in [0, 0.1) is 0 Å². The van der Waals surface area contributed by atoms with E-state index in [9.17, 15) is 0 Å². The molecule has 4 aromatic carbocycles. The molecule has 0 fully saturated rings. The van der Waals surface area contributed by atoms with Gasteiger partial charge in [-0.3, -0.25) is 0 Å². The molecular weight excluding hydrogens is 428 g/mol. The van der Waals surface area contributed by atoms with Gasteiger partial charge in [0, 0.05) is 21.2 Å². The standard InChI is InChI=1S/C24H21NP2S2/c28-26(21-13-5-1-6-14-21,22-15-7-2-8-16-22)25-27(29,23-17-9-3-10-18-23)24-19-11-4-12-20-24/h1-20H,(H,25,28,29). The van der Waals surface area contributed by atoms with E-state index in [2.05, 4.69) is 102 Å². The minimum atomic E-state index is -2.35. The fraction of sp³-hybridized carbons (Fsp3) is 0. The lowest BCUT2D eigenvalue weighted by molar-refractivity contribution is 1.61. The molecule has 0 aromatic heterocycles. The summed E-state index contributed by atoms with van der Waals surface area (Å²) in [4.78, 5) is 3.92. The molecule has 0 saturated heterocycles. The Balaban J connectivity index is 1.93. The zero-order valence-corrected chi connectivity index (χ0v) is 19.2. The quantitative estimate of drug-likeness (QED) is 0.430. The highest BCUT2D eigenvalue weighted by Gasteiger charge is 2.31. The zero-order valence-electron chi connectivity index (χ0n) is 15.8. The van der Waals surface area contributed by atoms with Crippen LogP contribution in [0.15, 0.2) is 121 Å². The summed E-state index contributed by atoms with van der Waals surface area (Å²) in [6.07, 6.45) is -4.70. The fourth-order valence-electron chi connectivity index (χ4n) is 3.28. The third kappa shape index (κ3) is 4.21. The van der Waals surface area contributed by atoms with Crippen LogP contribution in [0.25, 0.3) is 0 Å². The van der Waals surface area contributed by atoms with Gasteiger partial charge in [0.25, 0.3) is 0 Å². The molecule has 0 aliphatic carbocycles. The molecule has 1 nitrogen and oxygen atoms in total. The van der Waals surface area contributed by atoms with E-state index < -0.39 is 12.4 Å². The molecule has 5 heteroatoms. The first-order valence-electron chi connectivity index (χ1n) is 9.35. The van der Waals surface area contributed by atoms with Crippen molar-refractivity contribution in [2.24, 2.45) is 0 Å². The smallest absolute Gasteiger partial charge is 0.0728 e. The van der Waals surface area contributed by atoms with E-state index in [1.807, 2.05) is 24.3 Å². The van der Waals surface area contributed by atoms with Crippen LogP contribution in [0.4, 0.5) is 0 Å². The summed E-state index contributed by atoms with van der Waals surface area (Å²) in [6.45, 7) is 0. The lowest BCUT2D eigenvalue weighted by Gasteiger charge is -2.33. The molecule has 0 bridgehead atoms. The highest BCUT2D eigenvalue weighted by molar-refractivity contribution is 8.30. The molecule has 0 aliphatic rings. The van der Waals surface area contributed by atoms with Crippen molar-refractivity contribution in [3.63, 3.8) is 0 Å². The van der Waals surface area contributed by atoms with Gasteiger partial charge in [-0.25, -0.2) is 4.86 Å². The van der Waals surface area contributed by atoms with Crippen LogP contribution in [0.2, 0.25) is 0 Å². The Morgan fingerprint density at radius 2 is 0.586 bits per heavy atom. The Kier molecular flexibility index (Phi) is 6.25. The van der Waals surface area contributed by atoms with E-state index in [0.717, 1.165) is 21.2 Å². The summed E-state index contributed by atoms with van der Waals surface area (Å²) in [5, 5.41) is 4.51. The summed E-state index contributed by atoms with van der Waals surface area (Å²) in [6, 6.07) is 41.5. The monoisotopic (exact) mass is 449 g/mol. The lowest BCUT2D eigenvalue weighted by atomic mass is 10.4. The maximum atomic E-state index is 6.44. The van der Waals surface area contributed by atoms with Gasteiger partial charge < -0.3 is 0 Å². The number of hydrogen-bond donors (Lipinski definition) is 1. The number of hydrogen-bond acceptors (Lipinski definition) is 2. The van der Waals surface area contributed by atoms with E-state index in [-0.39, 0.29) is 0 Å². The third-order valence-electron chi connectivity index (χ3n) is 4.76.